The van der Waals surface area contributed by atoms with E-state index in [1.165, 1.54) is 0 Å². The normalized spacial score (nSPS) is 18.5. The Balaban J connectivity index is 2.57. The van der Waals surface area contributed by atoms with E-state index < -0.39 is 5.97 Å². The minimum Gasteiger partial charge on any atom is -0.481 e. The predicted octanol–water partition coefficient (Wildman–Crippen LogP) is 2.02. The number of piperidine rings is 1. The number of hydrogen-bond donors (Lipinski definition) is 1. The monoisotopic (exact) mass is 256 g/mol. The number of nitrogens with zero attached hydrogens (tertiary/aromatic N) is 2. The number of carboxylic acid groups (broad SMARTS) is 1. The zero-order valence-electron chi connectivity index (χ0n) is 11.6. The Hall–Kier alpha value is -1.26. The molecule has 1 saturated heterocycles. The number of amides is 2. The summed E-state index contributed by atoms with van der Waals surface area (Å²) >= 11 is 0. The molecule has 2 amide bonds. The first kappa shape index (κ1) is 14.8. The van der Waals surface area contributed by atoms with Crippen LogP contribution in [0.4, 0.5) is 4.79 Å². The number of carboxylic acids is 1. The minimum atomic E-state index is -0.861. The van der Waals surface area contributed by atoms with Gasteiger partial charge in [0.2, 0.25) is 0 Å². The quantitative estimate of drug-likeness (QED) is 0.837. The van der Waals surface area contributed by atoms with Gasteiger partial charge in [0.05, 0.1) is 6.42 Å². The van der Waals surface area contributed by atoms with Crippen LogP contribution >= 0.6 is 0 Å². The van der Waals surface area contributed by atoms with Crippen molar-refractivity contribution >= 4 is 12.0 Å². The third-order valence-electron chi connectivity index (χ3n) is 3.42. The Morgan fingerprint density at radius 3 is 2.56 bits per heavy atom. The van der Waals surface area contributed by atoms with Gasteiger partial charge in [-0.1, -0.05) is 13.8 Å². The maximum absolute atomic E-state index is 12.3. The highest BCUT2D eigenvalue weighted by Crippen LogP contribution is 2.28. The summed E-state index contributed by atoms with van der Waals surface area (Å²) in [5.74, 6) is -0.861. The lowest BCUT2D eigenvalue weighted by Crippen LogP contribution is -2.50. The smallest absolute Gasteiger partial charge is 0.320 e. The van der Waals surface area contributed by atoms with E-state index in [9.17, 15) is 9.59 Å². The first-order chi connectivity index (χ1) is 8.35. The summed E-state index contributed by atoms with van der Waals surface area (Å²) in [4.78, 5) is 26.3. The lowest BCUT2D eigenvalue weighted by atomic mass is 9.84. The zero-order valence-corrected chi connectivity index (χ0v) is 11.6. The van der Waals surface area contributed by atoms with Gasteiger partial charge >= 0.3 is 12.0 Å². The first-order valence-electron chi connectivity index (χ1n) is 6.61. The lowest BCUT2D eigenvalue weighted by molar-refractivity contribution is -0.137. The molecule has 0 atom stereocenters. The summed E-state index contributed by atoms with van der Waals surface area (Å²) in [5.41, 5.74) is 0.167. The van der Waals surface area contributed by atoms with Gasteiger partial charge in [0.25, 0.3) is 0 Å². The van der Waals surface area contributed by atoms with Crippen LogP contribution in [0.3, 0.4) is 0 Å². The summed E-state index contributed by atoms with van der Waals surface area (Å²) in [6, 6.07) is -0.0217. The Morgan fingerprint density at radius 1 is 1.39 bits per heavy atom. The van der Waals surface area contributed by atoms with E-state index >= 15 is 0 Å². The average Bonchev–Trinajstić information content (AvgIpc) is 2.27. The van der Waals surface area contributed by atoms with E-state index in [1.807, 2.05) is 11.8 Å². The van der Waals surface area contributed by atoms with Gasteiger partial charge in [0, 0.05) is 26.2 Å². The molecule has 0 aromatic heterocycles. The van der Waals surface area contributed by atoms with Crippen LogP contribution in [0.1, 0.15) is 40.0 Å². The van der Waals surface area contributed by atoms with Crippen molar-refractivity contribution in [3.8, 4) is 0 Å². The van der Waals surface area contributed by atoms with Crippen LogP contribution in [0.2, 0.25) is 0 Å². The standard InChI is InChI=1S/C13H24N2O3/c1-4-14(9-6-11(16)17)12(18)15-8-5-7-13(2,3)10-15/h4-10H2,1-3H3,(H,16,17). The number of rotatable bonds is 4. The van der Waals surface area contributed by atoms with Crippen molar-refractivity contribution in [3.05, 3.63) is 0 Å². The van der Waals surface area contributed by atoms with Crippen molar-refractivity contribution in [1.29, 1.82) is 0 Å². The molecule has 0 bridgehead atoms. The molecule has 1 heterocycles. The van der Waals surface area contributed by atoms with Gasteiger partial charge in [-0.2, -0.15) is 0 Å². The molecule has 1 rings (SSSR count). The fraction of sp³-hybridized carbons (Fsp3) is 0.846. The van der Waals surface area contributed by atoms with Crippen LogP contribution < -0.4 is 0 Å². The highest BCUT2D eigenvalue weighted by molar-refractivity contribution is 5.75. The number of aliphatic carboxylic acids is 1. The minimum absolute atomic E-state index is 0.0107. The predicted molar refractivity (Wildman–Crippen MR) is 69.5 cm³/mol. The Bertz CT molecular complexity index is 315. The van der Waals surface area contributed by atoms with Gasteiger partial charge < -0.3 is 14.9 Å². The van der Waals surface area contributed by atoms with Crippen molar-refractivity contribution < 1.29 is 14.7 Å². The Kier molecular flexibility index (Phi) is 4.99. The molecule has 0 unspecified atom stereocenters. The lowest BCUT2D eigenvalue weighted by Gasteiger charge is -2.40. The van der Waals surface area contributed by atoms with E-state index in [0.717, 1.165) is 25.9 Å². The Labute approximate surface area is 109 Å². The molecule has 18 heavy (non-hydrogen) atoms. The molecule has 5 nitrogen and oxygen atoms in total. The molecule has 1 aliphatic rings. The van der Waals surface area contributed by atoms with Crippen LogP contribution in [-0.2, 0) is 4.79 Å². The van der Waals surface area contributed by atoms with Crippen LogP contribution in [-0.4, -0.2) is 53.1 Å². The van der Waals surface area contributed by atoms with Crippen molar-refractivity contribution in [2.75, 3.05) is 26.2 Å². The van der Waals surface area contributed by atoms with E-state index in [2.05, 4.69) is 13.8 Å². The molecule has 1 aliphatic heterocycles. The molecule has 0 aromatic carbocycles. The molecule has 104 valence electrons. The molecule has 0 saturated carbocycles. The fourth-order valence-electron chi connectivity index (χ4n) is 2.41. The fourth-order valence-corrected chi connectivity index (χ4v) is 2.41. The molecular weight excluding hydrogens is 232 g/mol. The van der Waals surface area contributed by atoms with Crippen molar-refractivity contribution in [2.45, 2.75) is 40.0 Å². The van der Waals surface area contributed by atoms with E-state index in [-0.39, 0.29) is 17.9 Å². The summed E-state index contributed by atoms with van der Waals surface area (Å²) in [5, 5.41) is 8.68. The molecular formula is C13H24N2O3. The molecule has 0 aliphatic carbocycles. The number of carbonyl (C=O) groups excluding carboxylic acids is 1. The number of urea groups is 1. The second kappa shape index (κ2) is 6.07. The maximum atomic E-state index is 12.3. The summed E-state index contributed by atoms with van der Waals surface area (Å²) in [6.07, 6.45) is 2.17. The van der Waals surface area contributed by atoms with Crippen LogP contribution in [0.25, 0.3) is 0 Å². The third kappa shape index (κ3) is 4.20. The molecule has 5 heteroatoms. The SMILES string of the molecule is CCN(CCC(=O)O)C(=O)N1CCCC(C)(C)C1. The number of hydrogen-bond acceptors (Lipinski definition) is 2. The van der Waals surface area contributed by atoms with Crippen molar-refractivity contribution in [1.82, 2.24) is 9.80 Å². The molecule has 0 spiro atoms. The van der Waals surface area contributed by atoms with Crippen molar-refractivity contribution in [3.63, 3.8) is 0 Å². The number of likely N-dealkylation sites (tertiary alicyclic amines) is 1. The first-order valence-corrected chi connectivity index (χ1v) is 6.61. The largest absolute Gasteiger partial charge is 0.481 e. The third-order valence-corrected chi connectivity index (χ3v) is 3.42. The summed E-state index contributed by atoms with van der Waals surface area (Å²) in [6.45, 7) is 8.61. The summed E-state index contributed by atoms with van der Waals surface area (Å²) in [7, 11) is 0. The van der Waals surface area contributed by atoms with Crippen LogP contribution in [0.15, 0.2) is 0 Å². The van der Waals surface area contributed by atoms with E-state index in [0.29, 0.717) is 13.1 Å². The van der Waals surface area contributed by atoms with Gasteiger partial charge in [0.1, 0.15) is 0 Å². The second-order valence-corrected chi connectivity index (χ2v) is 5.70. The highest BCUT2D eigenvalue weighted by atomic mass is 16.4. The van der Waals surface area contributed by atoms with Gasteiger partial charge in [-0.15, -0.1) is 0 Å². The van der Waals surface area contributed by atoms with Gasteiger partial charge in [-0.05, 0) is 25.2 Å². The van der Waals surface area contributed by atoms with Gasteiger partial charge in [-0.3, -0.25) is 4.79 Å². The topological polar surface area (TPSA) is 60.9 Å². The van der Waals surface area contributed by atoms with Crippen molar-refractivity contribution in [2.24, 2.45) is 5.41 Å². The zero-order chi connectivity index (χ0) is 13.8. The molecule has 0 aromatic rings. The molecule has 0 radical (unpaired) electrons. The molecule has 1 fully saturated rings. The average molecular weight is 256 g/mol. The van der Waals surface area contributed by atoms with E-state index in [1.54, 1.807) is 4.90 Å². The molecule has 1 N–H and O–H groups in total. The van der Waals surface area contributed by atoms with Gasteiger partial charge in [-0.25, -0.2) is 4.79 Å². The maximum Gasteiger partial charge on any atom is 0.320 e. The van der Waals surface area contributed by atoms with E-state index in [4.69, 9.17) is 5.11 Å². The second-order valence-electron chi connectivity index (χ2n) is 5.70. The number of carbonyl (C=O) groups is 2. The highest BCUT2D eigenvalue weighted by Gasteiger charge is 2.30. The Morgan fingerprint density at radius 2 is 2.06 bits per heavy atom. The van der Waals surface area contributed by atoms with Crippen LogP contribution in [0, 0.1) is 5.41 Å². The van der Waals surface area contributed by atoms with Crippen LogP contribution in [0.5, 0.6) is 0 Å². The van der Waals surface area contributed by atoms with Gasteiger partial charge in [0.15, 0.2) is 0 Å². The summed E-state index contributed by atoms with van der Waals surface area (Å²) < 4.78 is 0.